The number of thiophene rings is 1. The smallest absolute Gasteiger partial charge is 0.305 e. The number of carboxylic acids is 1. The Hall–Kier alpha value is -2.47. The Labute approximate surface area is 149 Å². The second-order valence-electron chi connectivity index (χ2n) is 7.04. The Bertz CT molecular complexity index is 979. The van der Waals surface area contributed by atoms with E-state index in [0.29, 0.717) is 10.2 Å². The first-order chi connectivity index (χ1) is 11.8. The molecule has 1 aromatic carbocycles. The minimum atomic E-state index is -0.935. The molecule has 2 heterocycles. The molecular weight excluding hydrogens is 336 g/mol. The van der Waals surface area contributed by atoms with Crippen LogP contribution < -0.4 is 5.56 Å². The molecule has 0 aliphatic rings. The highest BCUT2D eigenvalue weighted by Crippen LogP contribution is 2.32. The number of carbonyl (C=O) groups is 1. The Balaban J connectivity index is 2.06. The van der Waals surface area contributed by atoms with Crippen molar-refractivity contribution in [2.45, 2.75) is 39.2 Å². The number of benzene rings is 1. The van der Waals surface area contributed by atoms with Crippen molar-refractivity contribution >= 4 is 27.5 Å². The number of hydrogen-bond acceptors (Lipinski definition) is 4. The van der Waals surface area contributed by atoms with Crippen LogP contribution in [0, 0.1) is 0 Å². The SMILES string of the molecule is CC(C)(C)c1ccc(-c2csc3ncn(CCC(=O)O)c(=O)c23)cc1. The normalized spacial score (nSPS) is 11.8. The van der Waals surface area contributed by atoms with Gasteiger partial charge in [-0.25, -0.2) is 4.98 Å². The monoisotopic (exact) mass is 356 g/mol. The van der Waals surface area contributed by atoms with Gasteiger partial charge in [0.05, 0.1) is 18.1 Å². The quantitative estimate of drug-likeness (QED) is 0.769. The highest BCUT2D eigenvalue weighted by molar-refractivity contribution is 7.17. The van der Waals surface area contributed by atoms with Gasteiger partial charge < -0.3 is 5.11 Å². The summed E-state index contributed by atoms with van der Waals surface area (Å²) in [6.45, 7) is 6.60. The van der Waals surface area contributed by atoms with E-state index in [-0.39, 0.29) is 23.9 Å². The zero-order chi connectivity index (χ0) is 18.2. The van der Waals surface area contributed by atoms with Gasteiger partial charge in [-0.3, -0.25) is 14.2 Å². The average Bonchev–Trinajstić information content (AvgIpc) is 2.98. The fourth-order valence-electron chi connectivity index (χ4n) is 2.71. The van der Waals surface area contributed by atoms with Crippen LogP contribution in [0.4, 0.5) is 0 Å². The first-order valence-electron chi connectivity index (χ1n) is 8.07. The molecule has 0 radical (unpaired) electrons. The van der Waals surface area contributed by atoms with Gasteiger partial charge in [0.25, 0.3) is 5.56 Å². The van der Waals surface area contributed by atoms with Crippen molar-refractivity contribution in [3.8, 4) is 11.1 Å². The molecule has 0 spiro atoms. The van der Waals surface area contributed by atoms with Gasteiger partial charge in [-0.1, -0.05) is 45.0 Å². The highest BCUT2D eigenvalue weighted by atomic mass is 32.1. The molecule has 0 fully saturated rings. The molecule has 0 aliphatic heterocycles. The zero-order valence-electron chi connectivity index (χ0n) is 14.4. The summed E-state index contributed by atoms with van der Waals surface area (Å²) in [6, 6.07) is 8.21. The lowest BCUT2D eigenvalue weighted by Gasteiger charge is -2.19. The van der Waals surface area contributed by atoms with Crippen molar-refractivity contribution in [2.24, 2.45) is 0 Å². The average molecular weight is 356 g/mol. The summed E-state index contributed by atoms with van der Waals surface area (Å²) in [5, 5.41) is 11.3. The molecule has 130 valence electrons. The summed E-state index contributed by atoms with van der Waals surface area (Å²) in [7, 11) is 0. The van der Waals surface area contributed by atoms with Crippen LogP contribution >= 0.6 is 11.3 Å². The van der Waals surface area contributed by atoms with E-state index >= 15 is 0 Å². The molecule has 0 bridgehead atoms. The maximum absolute atomic E-state index is 12.8. The van der Waals surface area contributed by atoms with E-state index in [1.165, 1.54) is 27.8 Å². The summed E-state index contributed by atoms with van der Waals surface area (Å²) in [6.07, 6.45) is 1.32. The lowest BCUT2D eigenvalue weighted by Crippen LogP contribution is -2.21. The Morgan fingerprint density at radius 1 is 1.24 bits per heavy atom. The number of hydrogen-bond donors (Lipinski definition) is 1. The lowest BCUT2D eigenvalue weighted by atomic mass is 9.86. The fourth-order valence-corrected chi connectivity index (χ4v) is 3.61. The van der Waals surface area contributed by atoms with E-state index in [2.05, 4.69) is 37.9 Å². The summed E-state index contributed by atoms with van der Waals surface area (Å²) < 4.78 is 1.37. The van der Waals surface area contributed by atoms with Gasteiger partial charge in [-0.05, 0) is 16.5 Å². The third-order valence-corrected chi connectivity index (χ3v) is 5.08. The first-order valence-corrected chi connectivity index (χ1v) is 8.94. The molecule has 25 heavy (non-hydrogen) atoms. The van der Waals surface area contributed by atoms with E-state index in [9.17, 15) is 9.59 Å². The summed E-state index contributed by atoms with van der Waals surface area (Å²) in [4.78, 5) is 28.5. The summed E-state index contributed by atoms with van der Waals surface area (Å²) in [5.41, 5.74) is 2.92. The predicted molar refractivity (Wildman–Crippen MR) is 100 cm³/mol. The van der Waals surface area contributed by atoms with Gasteiger partial charge in [0, 0.05) is 17.5 Å². The van der Waals surface area contributed by atoms with E-state index in [1.54, 1.807) is 0 Å². The second kappa shape index (κ2) is 6.44. The van der Waals surface area contributed by atoms with Crippen molar-refractivity contribution in [1.29, 1.82) is 0 Å². The van der Waals surface area contributed by atoms with Gasteiger partial charge >= 0.3 is 5.97 Å². The number of fused-ring (bicyclic) bond motifs is 1. The van der Waals surface area contributed by atoms with Crippen LogP contribution in [0.2, 0.25) is 0 Å². The third-order valence-electron chi connectivity index (χ3n) is 4.19. The Morgan fingerprint density at radius 2 is 1.92 bits per heavy atom. The molecule has 0 atom stereocenters. The zero-order valence-corrected chi connectivity index (χ0v) is 15.3. The van der Waals surface area contributed by atoms with Crippen LogP contribution in [-0.4, -0.2) is 20.6 Å². The van der Waals surface area contributed by atoms with Crippen molar-refractivity contribution in [3.05, 3.63) is 51.9 Å². The number of aromatic nitrogens is 2. The van der Waals surface area contributed by atoms with Gasteiger partial charge in [0.2, 0.25) is 0 Å². The van der Waals surface area contributed by atoms with Gasteiger partial charge in [-0.2, -0.15) is 0 Å². The molecule has 0 saturated heterocycles. The molecule has 0 aliphatic carbocycles. The number of rotatable bonds is 4. The number of aliphatic carboxylic acids is 1. The number of nitrogens with zero attached hydrogens (tertiary/aromatic N) is 2. The van der Waals surface area contributed by atoms with Crippen molar-refractivity contribution in [3.63, 3.8) is 0 Å². The largest absolute Gasteiger partial charge is 0.481 e. The van der Waals surface area contributed by atoms with Gasteiger partial charge in [-0.15, -0.1) is 11.3 Å². The van der Waals surface area contributed by atoms with E-state index in [4.69, 9.17) is 5.11 Å². The Morgan fingerprint density at radius 3 is 2.52 bits per heavy atom. The third kappa shape index (κ3) is 3.49. The number of carboxylic acid groups (broad SMARTS) is 1. The van der Waals surface area contributed by atoms with Crippen LogP contribution in [0.1, 0.15) is 32.8 Å². The maximum Gasteiger partial charge on any atom is 0.305 e. The molecular formula is C19H20N2O3S. The molecule has 0 saturated carbocycles. The molecule has 3 aromatic rings. The lowest BCUT2D eigenvalue weighted by molar-refractivity contribution is -0.137. The van der Waals surface area contributed by atoms with Crippen molar-refractivity contribution in [1.82, 2.24) is 9.55 Å². The highest BCUT2D eigenvalue weighted by Gasteiger charge is 2.16. The summed E-state index contributed by atoms with van der Waals surface area (Å²) >= 11 is 1.43. The molecule has 0 amide bonds. The minimum absolute atomic E-state index is 0.0698. The van der Waals surface area contributed by atoms with Crippen LogP contribution in [0.15, 0.2) is 40.8 Å². The van der Waals surface area contributed by atoms with E-state index in [0.717, 1.165) is 11.1 Å². The molecule has 3 rings (SSSR count). The fraction of sp³-hybridized carbons (Fsp3) is 0.316. The number of aryl methyl sites for hydroxylation is 1. The van der Waals surface area contributed by atoms with Crippen LogP contribution in [0.25, 0.3) is 21.3 Å². The topological polar surface area (TPSA) is 72.2 Å². The standard InChI is InChI=1S/C19H20N2O3S/c1-19(2,3)13-6-4-12(5-7-13)14-10-25-17-16(14)18(24)21(11-20-17)9-8-15(22)23/h4-7,10-11H,8-9H2,1-3H3,(H,22,23). The van der Waals surface area contributed by atoms with E-state index in [1.807, 2.05) is 17.5 Å². The molecule has 2 aromatic heterocycles. The Kier molecular flexibility index (Phi) is 4.47. The van der Waals surface area contributed by atoms with Crippen molar-refractivity contribution < 1.29 is 9.90 Å². The first kappa shape index (κ1) is 17.4. The molecule has 6 heteroatoms. The van der Waals surface area contributed by atoms with E-state index < -0.39 is 5.97 Å². The second-order valence-corrected chi connectivity index (χ2v) is 7.90. The predicted octanol–water partition coefficient (Wildman–Crippen LogP) is 3.90. The minimum Gasteiger partial charge on any atom is -0.481 e. The van der Waals surface area contributed by atoms with Gasteiger partial charge in [0.1, 0.15) is 4.83 Å². The van der Waals surface area contributed by atoms with Crippen LogP contribution in [0.3, 0.4) is 0 Å². The summed E-state index contributed by atoms with van der Waals surface area (Å²) in [5.74, 6) is -0.935. The maximum atomic E-state index is 12.8. The molecule has 0 unspecified atom stereocenters. The molecule has 5 nitrogen and oxygen atoms in total. The van der Waals surface area contributed by atoms with Crippen LogP contribution in [0.5, 0.6) is 0 Å². The van der Waals surface area contributed by atoms with Gasteiger partial charge in [0.15, 0.2) is 0 Å². The molecule has 1 N–H and O–H groups in total. The van der Waals surface area contributed by atoms with Crippen molar-refractivity contribution in [2.75, 3.05) is 0 Å². The van der Waals surface area contributed by atoms with Crippen LogP contribution in [-0.2, 0) is 16.8 Å².